The van der Waals surface area contributed by atoms with Gasteiger partial charge >= 0.3 is 6.01 Å². The fourth-order valence-corrected chi connectivity index (χ4v) is 4.67. The molecule has 0 saturated carbocycles. The lowest BCUT2D eigenvalue weighted by atomic mass is 9.85. The summed E-state index contributed by atoms with van der Waals surface area (Å²) in [5, 5.41) is 11.4. The minimum atomic E-state index is -1.01. The van der Waals surface area contributed by atoms with Crippen molar-refractivity contribution in [2.75, 3.05) is 33.4 Å². The number of fused-ring (bicyclic) bond motifs is 1. The highest BCUT2D eigenvalue weighted by atomic mass is 16.5. The van der Waals surface area contributed by atoms with Crippen molar-refractivity contribution in [1.29, 1.82) is 0 Å². The van der Waals surface area contributed by atoms with E-state index < -0.39 is 5.60 Å². The van der Waals surface area contributed by atoms with Crippen LogP contribution in [0.3, 0.4) is 0 Å². The summed E-state index contributed by atoms with van der Waals surface area (Å²) in [6.45, 7) is 7.11. The number of benzene rings is 1. The van der Waals surface area contributed by atoms with Gasteiger partial charge < -0.3 is 19.3 Å². The van der Waals surface area contributed by atoms with E-state index >= 15 is 0 Å². The zero-order valence-electron chi connectivity index (χ0n) is 18.8. The summed E-state index contributed by atoms with van der Waals surface area (Å²) in [6.07, 6.45) is 6.38. The molecule has 0 unspecified atom stereocenters. The number of nitrogens with zero attached hydrogens (tertiary/aromatic N) is 3. The van der Waals surface area contributed by atoms with Gasteiger partial charge in [0.2, 0.25) is 5.88 Å². The first-order valence-electron chi connectivity index (χ1n) is 11.3. The SMILES string of the molecule is CCOc1ncc(C2(O)CCN(Cc3cc4c(cc3OC)CCC4)CC2)c(OCC)n1. The predicted molar refractivity (Wildman–Crippen MR) is 118 cm³/mol. The van der Waals surface area contributed by atoms with Crippen molar-refractivity contribution in [2.24, 2.45) is 0 Å². The molecule has 0 radical (unpaired) electrons. The lowest BCUT2D eigenvalue weighted by Crippen LogP contribution is -2.42. The highest BCUT2D eigenvalue weighted by Crippen LogP contribution is 2.38. The number of ether oxygens (including phenoxy) is 3. The third-order valence-corrected chi connectivity index (χ3v) is 6.36. The summed E-state index contributed by atoms with van der Waals surface area (Å²) >= 11 is 0. The van der Waals surface area contributed by atoms with Crippen molar-refractivity contribution >= 4 is 0 Å². The number of piperidine rings is 1. The predicted octanol–water partition coefficient (Wildman–Crippen LogP) is 3.25. The molecular formula is C24H33N3O4. The Morgan fingerprint density at radius 1 is 1.06 bits per heavy atom. The Bertz CT molecular complexity index is 910. The van der Waals surface area contributed by atoms with Gasteiger partial charge in [0, 0.05) is 31.4 Å². The van der Waals surface area contributed by atoms with E-state index in [-0.39, 0.29) is 6.01 Å². The first kappa shape index (κ1) is 21.8. The molecule has 1 fully saturated rings. The lowest BCUT2D eigenvalue weighted by molar-refractivity contribution is -0.0304. The molecule has 2 aliphatic rings. The summed E-state index contributed by atoms with van der Waals surface area (Å²) in [7, 11) is 1.75. The number of hydrogen-bond acceptors (Lipinski definition) is 7. The maximum Gasteiger partial charge on any atom is 0.319 e. The van der Waals surface area contributed by atoms with Crippen LogP contribution in [0.1, 0.15) is 55.4 Å². The van der Waals surface area contributed by atoms with Gasteiger partial charge in [0.25, 0.3) is 0 Å². The van der Waals surface area contributed by atoms with E-state index in [1.54, 1.807) is 13.3 Å². The van der Waals surface area contributed by atoms with Crippen LogP contribution in [0.15, 0.2) is 18.3 Å². The maximum absolute atomic E-state index is 11.4. The molecule has 0 spiro atoms. The van der Waals surface area contributed by atoms with Gasteiger partial charge in [-0.05, 0) is 63.1 Å². The fraction of sp³-hybridized carbons (Fsp3) is 0.583. The first-order valence-corrected chi connectivity index (χ1v) is 11.3. The second-order valence-corrected chi connectivity index (χ2v) is 8.33. The molecular weight excluding hydrogens is 394 g/mol. The molecule has 1 aromatic heterocycles. The molecule has 1 aliphatic heterocycles. The van der Waals surface area contributed by atoms with Crippen LogP contribution in [0.5, 0.6) is 17.6 Å². The zero-order chi connectivity index (χ0) is 21.8. The molecule has 7 heteroatoms. The summed E-state index contributed by atoms with van der Waals surface area (Å²) in [6, 6.07) is 4.80. The molecule has 168 valence electrons. The van der Waals surface area contributed by atoms with E-state index in [0.29, 0.717) is 37.5 Å². The topological polar surface area (TPSA) is 76.9 Å². The van der Waals surface area contributed by atoms with E-state index in [1.165, 1.54) is 23.1 Å². The normalized spacial score (nSPS) is 17.9. The Morgan fingerprint density at radius 2 is 1.77 bits per heavy atom. The number of likely N-dealkylation sites (tertiary alicyclic amines) is 1. The van der Waals surface area contributed by atoms with Gasteiger partial charge in [0.1, 0.15) is 5.75 Å². The molecule has 2 aromatic rings. The number of aryl methyl sites for hydroxylation is 2. The van der Waals surface area contributed by atoms with Gasteiger partial charge in [-0.3, -0.25) is 4.90 Å². The quantitative estimate of drug-likeness (QED) is 0.693. The molecule has 31 heavy (non-hydrogen) atoms. The van der Waals surface area contributed by atoms with Crippen molar-refractivity contribution in [3.63, 3.8) is 0 Å². The number of hydrogen-bond donors (Lipinski definition) is 1. The number of aliphatic hydroxyl groups is 1. The minimum Gasteiger partial charge on any atom is -0.496 e. The standard InChI is InChI=1S/C24H33N3O4/c1-4-30-22-20(15-25-23(26-22)31-5-2)24(28)9-11-27(12-10-24)16-19-13-17-7-6-8-18(17)14-21(19)29-3/h13-15,28H,4-12,16H2,1-3H3. The Morgan fingerprint density at radius 3 is 2.45 bits per heavy atom. The second kappa shape index (κ2) is 9.40. The summed E-state index contributed by atoms with van der Waals surface area (Å²) < 4.78 is 16.8. The Hall–Kier alpha value is -2.38. The minimum absolute atomic E-state index is 0.277. The number of methoxy groups -OCH3 is 1. The van der Waals surface area contributed by atoms with Gasteiger partial charge in [-0.1, -0.05) is 6.07 Å². The van der Waals surface area contributed by atoms with Crippen LogP contribution in [0.4, 0.5) is 0 Å². The van der Waals surface area contributed by atoms with E-state index in [0.717, 1.165) is 38.2 Å². The molecule has 1 aliphatic carbocycles. The smallest absolute Gasteiger partial charge is 0.319 e. The average molecular weight is 428 g/mol. The monoisotopic (exact) mass is 427 g/mol. The van der Waals surface area contributed by atoms with Crippen LogP contribution >= 0.6 is 0 Å². The largest absolute Gasteiger partial charge is 0.496 e. The average Bonchev–Trinajstić information content (AvgIpc) is 3.23. The number of rotatable bonds is 8. The number of aromatic nitrogens is 2. The third kappa shape index (κ3) is 4.62. The lowest BCUT2D eigenvalue weighted by Gasteiger charge is -2.38. The molecule has 1 N–H and O–H groups in total. The zero-order valence-corrected chi connectivity index (χ0v) is 18.8. The Labute approximate surface area is 184 Å². The molecule has 0 amide bonds. The van der Waals surface area contributed by atoms with Gasteiger partial charge in [-0.15, -0.1) is 0 Å². The Balaban J connectivity index is 1.47. The van der Waals surface area contributed by atoms with Crippen LogP contribution in [-0.4, -0.2) is 53.4 Å². The van der Waals surface area contributed by atoms with E-state index in [4.69, 9.17) is 14.2 Å². The van der Waals surface area contributed by atoms with Crippen LogP contribution in [0.25, 0.3) is 0 Å². The molecule has 2 heterocycles. The van der Waals surface area contributed by atoms with Crippen molar-refractivity contribution in [3.8, 4) is 17.6 Å². The van der Waals surface area contributed by atoms with Gasteiger partial charge in [-0.2, -0.15) is 4.98 Å². The molecule has 0 atom stereocenters. The highest BCUT2D eigenvalue weighted by Gasteiger charge is 2.38. The van der Waals surface area contributed by atoms with Crippen LogP contribution in [0, 0.1) is 0 Å². The summed E-state index contributed by atoms with van der Waals surface area (Å²) in [5.74, 6) is 1.39. The molecule has 7 nitrogen and oxygen atoms in total. The highest BCUT2D eigenvalue weighted by molar-refractivity contribution is 5.45. The van der Waals surface area contributed by atoms with Gasteiger partial charge in [0.05, 0.1) is 31.5 Å². The van der Waals surface area contributed by atoms with E-state index in [2.05, 4.69) is 27.0 Å². The van der Waals surface area contributed by atoms with E-state index in [9.17, 15) is 5.11 Å². The summed E-state index contributed by atoms with van der Waals surface area (Å²) in [4.78, 5) is 11.0. The van der Waals surface area contributed by atoms with Crippen LogP contribution in [-0.2, 0) is 25.0 Å². The van der Waals surface area contributed by atoms with Crippen molar-refractivity contribution < 1.29 is 19.3 Å². The van der Waals surface area contributed by atoms with Gasteiger partial charge in [-0.25, -0.2) is 4.98 Å². The molecule has 0 bridgehead atoms. The molecule has 1 aromatic carbocycles. The fourth-order valence-electron chi connectivity index (χ4n) is 4.67. The van der Waals surface area contributed by atoms with Gasteiger partial charge in [0.15, 0.2) is 0 Å². The Kier molecular flexibility index (Phi) is 6.62. The van der Waals surface area contributed by atoms with Crippen LogP contribution in [0.2, 0.25) is 0 Å². The van der Waals surface area contributed by atoms with Crippen LogP contribution < -0.4 is 14.2 Å². The van der Waals surface area contributed by atoms with Crippen molar-refractivity contribution in [1.82, 2.24) is 14.9 Å². The first-order chi connectivity index (χ1) is 15.1. The third-order valence-electron chi connectivity index (χ3n) is 6.36. The molecule has 4 rings (SSSR count). The second-order valence-electron chi connectivity index (χ2n) is 8.33. The van der Waals surface area contributed by atoms with Crippen molar-refractivity contribution in [3.05, 3.63) is 40.6 Å². The molecule has 1 saturated heterocycles. The van der Waals surface area contributed by atoms with E-state index in [1.807, 2.05) is 13.8 Å². The maximum atomic E-state index is 11.4. The van der Waals surface area contributed by atoms with Crippen molar-refractivity contribution in [2.45, 2.75) is 58.1 Å². The summed E-state index contributed by atoms with van der Waals surface area (Å²) in [5.41, 5.74) is 3.75.